The summed E-state index contributed by atoms with van der Waals surface area (Å²) in [7, 11) is 0. The molecule has 5 heteroatoms. The Balaban J connectivity index is 1.35. The molecule has 4 aliphatic rings. The summed E-state index contributed by atoms with van der Waals surface area (Å²) in [4.78, 5) is 19.0. The molecular formula is C16H23N3OS. The highest BCUT2D eigenvalue weighted by molar-refractivity contribution is 7.09. The first kappa shape index (κ1) is 13.6. The summed E-state index contributed by atoms with van der Waals surface area (Å²) in [6.07, 6.45) is 9.29. The van der Waals surface area contributed by atoms with E-state index in [0.717, 1.165) is 35.7 Å². The van der Waals surface area contributed by atoms with Crippen molar-refractivity contribution in [1.29, 1.82) is 0 Å². The number of hydrogen-bond acceptors (Lipinski definition) is 3. The maximum absolute atomic E-state index is 12.5. The Morgan fingerprint density at radius 1 is 1.24 bits per heavy atom. The van der Waals surface area contributed by atoms with Crippen LogP contribution in [0.3, 0.4) is 0 Å². The van der Waals surface area contributed by atoms with Gasteiger partial charge in [0, 0.05) is 37.1 Å². The number of thiazole rings is 1. The zero-order valence-corrected chi connectivity index (χ0v) is 13.1. The molecule has 4 bridgehead atoms. The number of amides is 2. The van der Waals surface area contributed by atoms with Crippen molar-refractivity contribution in [2.75, 3.05) is 13.1 Å². The Morgan fingerprint density at radius 2 is 2.00 bits per heavy atom. The fraction of sp³-hybridized carbons (Fsp3) is 0.750. The van der Waals surface area contributed by atoms with Gasteiger partial charge in [-0.3, -0.25) is 0 Å². The highest BCUT2D eigenvalue weighted by Gasteiger charge is 2.43. The Hall–Kier alpha value is -1.10. The lowest BCUT2D eigenvalue weighted by Gasteiger charge is -2.38. The van der Waals surface area contributed by atoms with Crippen LogP contribution in [-0.4, -0.2) is 35.0 Å². The quantitative estimate of drug-likeness (QED) is 0.933. The molecule has 0 radical (unpaired) electrons. The standard InChI is InChI=1S/C16H23N3OS/c20-16(18-2-1-15-17-3-4-21-15)19-10-13-6-11-5-12(7-13)9-14(19)8-11/h3-4,11-14H,1-2,5-10H2,(H,18,20)/t11-,12+,13?,14?. The van der Waals surface area contributed by atoms with Gasteiger partial charge in [0.25, 0.3) is 0 Å². The molecule has 21 heavy (non-hydrogen) atoms. The maximum Gasteiger partial charge on any atom is 0.317 e. The van der Waals surface area contributed by atoms with Crippen molar-refractivity contribution in [2.45, 2.75) is 44.6 Å². The molecule has 2 aliphatic heterocycles. The molecule has 3 heterocycles. The van der Waals surface area contributed by atoms with Gasteiger partial charge in [-0.05, 0) is 49.9 Å². The van der Waals surface area contributed by atoms with E-state index in [9.17, 15) is 4.79 Å². The lowest BCUT2D eigenvalue weighted by molar-refractivity contribution is 0.132. The lowest BCUT2D eigenvalue weighted by Crippen LogP contribution is -2.47. The molecule has 5 rings (SSSR count). The van der Waals surface area contributed by atoms with Crippen LogP contribution < -0.4 is 5.32 Å². The number of urea groups is 1. The van der Waals surface area contributed by atoms with Crippen molar-refractivity contribution < 1.29 is 4.79 Å². The molecule has 2 saturated heterocycles. The number of aromatic nitrogens is 1. The predicted octanol–water partition coefficient (Wildman–Crippen LogP) is 2.91. The number of carbonyl (C=O) groups excluding carboxylic acids is 1. The van der Waals surface area contributed by atoms with Crippen LogP contribution in [0, 0.1) is 17.8 Å². The molecule has 4 fully saturated rings. The first-order chi connectivity index (χ1) is 10.3. The highest BCUT2D eigenvalue weighted by atomic mass is 32.1. The number of rotatable bonds is 3. The van der Waals surface area contributed by atoms with Gasteiger partial charge in [-0.1, -0.05) is 0 Å². The summed E-state index contributed by atoms with van der Waals surface area (Å²) >= 11 is 1.66. The van der Waals surface area contributed by atoms with Gasteiger partial charge in [-0.15, -0.1) is 11.3 Å². The van der Waals surface area contributed by atoms with Gasteiger partial charge in [0.1, 0.15) is 0 Å². The van der Waals surface area contributed by atoms with Crippen LogP contribution in [0.1, 0.15) is 37.1 Å². The van der Waals surface area contributed by atoms with E-state index in [1.807, 2.05) is 11.6 Å². The third kappa shape index (κ3) is 2.80. The van der Waals surface area contributed by atoms with Crippen molar-refractivity contribution in [1.82, 2.24) is 15.2 Å². The van der Waals surface area contributed by atoms with E-state index in [-0.39, 0.29) is 6.03 Å². The van der Waals surface area contributed by atoms with Gasteiger partial charge >= 0.3 is 6.03 Å². The molecule has 2 unspecified atom stereocenters. The van der Waals surface area contributed by atoms with Crippen molar-refractivity contribution in [2.24, 2.45) is 17.8 Å². The predicted molar refractivity (Wildman–Crippen MR) is 83.3 cm³/mol. The van der Waals surface area contributed by atoms with Crippen molar-refractivity contribution in [3.8, 4) is 0 Å². The summed E-state index contributed by atoms with van der Waals surface area (Å²) in [6, 6.07) is 0.658. The normalized spacial score (nSPS) is 34.0. The SMILES string of the molecule is O=C(NCCc1nccs1)N1CC2C[C@@H]3CC1C[C@H](C2)C3. The van der Waals surface area contributed by atoms with E-state index >= 15 is 0 Å². The summed E-state index contributed by atoms with van der Waals surface area (Å²) in [5.41, 5.74) is 0. The smallest absolute Gasteiger partial charge is 0.317 e. The van der Waals surface area contributed by atoms with E-state index in [4.69, 9.17) is 0 Å². The summed E-state index contributed by atoms with van der Waals surface area (Å²) in [5.74, 6) is 2.53. The zero-order valence-electron chi connectivity index (χ0n) is 12.3. The number of nitrogens with one attached hydrogen (secondary N) is 1. The van der Waals surface area contributed by atoms with Crippen LogP contribution in [0.15, 0.2) is 11.6 Å². The molecular weight excluding hydrogens is 282 g/mol. The maximum atomic E-state index is 12.5. The highest BCUT2D eigenvalue weighted by Crippen LogP contribution is 2.47. The van der Waals surface area contributed by atoms with Gasteiger partial charge in [0.2, 0.25) is 0 Å². The first-order valence-corrected chi connectivity index (χ1v) is 9.08. The second-order valence-corrected chi connectivity index (χ2v) is 7.97. The second kappa shape index (κ2) is 5.59. The Kier molecular flexibility index (Phi) is 3.61. The van der Waals surface area contributed by atoms with Gasteiger partial charge in [0.15, 0.2) is 0 Å². The van der Waals surface area contributed by atoms with Crippen LogP contribution in [-0.2, 0) is 6.42 Å². The average Bonchev–Trinajstić information content (AvgIpc) is 2.89. The zero-order chi connectivity index (χ0) is 14.2. The van der Waals surface area contributed by atoms with Crippen molar-refractivity contribution >= 4 is 17.4 Å². The molecule has 0 spiro atoms. The second-order valence-electron chi connectivity index (χ2n) is 6.99. The lowest BCUT2D eigenvalue weighted by atomic mass is 9.68. The molecule has 114 valence electrons. The van der Waals surface area contributed by atoms with Gasteiger partial charge in [-0.25, -0.2) is 9.78 Å². The van der Waals surface area contributed by atoms with Gasteiger partial charge in [0.05, 0.1) is 5.01 Å². The number of hydrogen-bond donors (Lipinski definition) is 1. The molecule has 1 N–H and O–H groups in total. The van der Waals surface area contributed by atoms with Crippen LogP contribution in [0.5, 0.6) is 0 Å². The minimum atomic E-state index is 0.157. The van der Waals surface area contributed by atoms with Gasteiger partial charge < -0.3 is 10.2 Å². The fourth-order valence-corrected chi connectivity index (χ4v) is 5.41. The first-order valence-electron chi connectivity index (χ1n) is 8.20. The van der Waals surface area contributed by atoms with Gasteiger partial charge in [-0.2, -0.15) is 0 Å². The third-order valence-electron chi connectivity index (χ3n) is 5.47. The van der Waals surface area contributed by atoms with Crippen LogP contribution in [0.4, 0.5) is 4.79 Å². The van der Waals surface area contributed by atoms with Crippen LogP contribution in [0.2, 0.25) is 0 Å². The molecule has 1 aromatic rings. The summed E-state index contributed by atoms with van der Waals surface area (Å²) in [5, 5.41) is 6.20. The monoisotopic (exact) mass is 305 g/mol. The molecule has 2 amide bonds. The minimum absolute atomic E-state index is 0.157. The largest absolute Gasteiger partial charge is 0.338 e. The van der Waals surface area contributed by atoms with E-state index < -0.39 is 0 Å². The number of carbonyl (C=O) groups is 1. The van der Waals surface area contributed by atoms with Crippen LogP contribution >= 0.6 is 11.3 Å². The molecule has 4 nitrogen and oxygen atoms in total. The topological polar surface area (TPSA) is 45.2 Å². The Morgan fingerprint density at radius 3 is 2.71 bits per heavy atom. The minimum Gasteiger partial charge on any atom is -0.338 e. The van der Waals surface area contributed by atoms with Crippen molar-refractivity contribution in [3.63, 3.8) is 0 Å². The Bertz CT molecular complexity index is 490. The molecule has 4 atom stereocenters. The average molecular weight is 305 g/mol. The van der Waals surface area contributed by atoms with E-state index in [2.05, 4.69) is 15.2 Å². The number of nitrogens with zero attached hydrogens (tertiary/aromatic N) is 2. The summed E-state index contributed by atoms with van der Waals surface area (Å²) < 4.78 is 0. The van der Waals surface area contributed by atoms with E-state index in [1.165, 1.54) is 32.1 Å². The Labute approximate surface area is 129 Å². The summed E-state index contributed by atoms with van der Waals surface area (Å²) in [6.45, 7) is 1.69. The third-order valence-corrected chi connectivity index (χ3v) is 6.31. The van der Waals surface area contributed by atoms with E-state index in [1.54, 1.807) is 11.3 Å². The molecule has 2 aliphatic carbocycles. The molecule has 0 aromatic carbocycles. The molecule has 1 aromatic heterocycles. The van der Waals surface area contributed by atoms with E-state index in [0.29, 0.717) is 12.6 Å². The number of fused-ring (bicyclic) bond motifs is 1. The fourth-order valence-electron chi connectivity index (χ4n) is 4.79. The van der Waals surface area contributed by atoms with Crippen LogP contribution in [0.25, 0.3) is 0 Å². The molecule has 2 saturated carbocycles. The van der Waals surface area contributed by atoms with Crippen molar-refractivity contribution in [3.05, 3.63) is 16.6 Å².